The number of Topliss-reactive ketones (excluding diaryl/α,β-unsaturated/α-hetero) is 1. The zero-order chi connectivity index (χ0) is 15.5. The van der Waals surface area contributed by atoms with Crippen LogP contribution in [0.4, 0.5) is 4.79 Å². The Morgan fingerprint density at radius 1 is 1.19 bits per heavy atom. The smallest absolute Gasteiger partial charge is 0.407 e. The first-order chi connectivity index (χ1) is 10.1. The minimum Gasteiger partial charge on any atom is -0.445 e. The molecule has 116 valence electrons. The van der Waals surface area contributed by atoms with Gasteiger partial charge in [-0.25, -0.2) is 4.79 Å². The quantitative estimate of drug-likeness (QED) is 0.685. The van der Waals surface area contributed by atoms with Crippen molar-refractivity contribution in [3.05, 3.63) is 35.9 Å². The number of nitrogens with one attached hydrogen (secondary N) is 2. The summed E-state index contributed by atoms with van der Waals surface area (Å²) in [6.07, 6.45) is 2.08. The SMILES string of the molecule is CNC(CCCCNC(=O)OCc1ccccc1)C(C)=O. The number of benzene rings is 1. The number of carbonyl (C=O) groups is 2. The fourth-order valence-corrected chi connectivity index (χ4v) is 1.99. The first-order valence-corrected chi connectivity index (χ1v) is 7.25. The summed E-state index contributed by atoms with van der Waals surface area (Å²) in [6, 6.07) is 9.46. The normalized spacial score (nSPS) is 11.7. The minimum atomic E-state index is -0.407. The number of alkyl carbamates (subject to hydrolysis) is 1. The summed E-state index contributed by atoms with van der Waals surface area (Å²) in [7, 11) is 1.78. The third kappa shape index (κ3) is 7.46. The monoisotopic (exact) mass is 292 g/mol. The van der Waals surface area contributed by atoms with Gasteiger partial charge in [-0.15, -0.1) is 0 Å². The average Bonchev–Trinajstić information content (AvgIpc) is 2.49. The fraction of sp³-hybridized carbons (Fsp3) is 0.500. The lowest BCUT2D eigenvalue weighted by atomic mass is 10.1. The standard InChI is InChI=1S/C16H24N2O3/c1-13(19)15(17-2)10-6-7-11-18-16(20)21-12-14-8-4-3-5-9-14/h3-5,8-9,15,17H,6-7,10-12H2,1-2H3,(H,18,20). The molecule has 0 aliphatic rings. The van der Waals surface area contributed by atoms with Crippen LogP contribution in [0.2, 0.25) is 0 Å². The Labute approximate surface area is 126 Å². The molecule has 0 aliphatic heterocycles. The van der Waals surface area contributed by atoms with Crippen LogP contribution in [0.5, 0.6) is 0 Å². The number of hydrogen-bond donors (Lipinski definition) is 2. The van der Waals surface area contributed by atoms with Gasteiger partial charge in [0.15, 0.2) is 0 Å². The van der Waals surface area contributed by atoms with E-state index in [0.717, 1.165) is 24.8 Å². The molecular weight excluding hydrogens is 268 g/mol. The lowest BCUT2D eigenvalue weighted by Crippen LogP contribution is -2.32. The summed E-state index contributed by atoms with van der Waals surface area (Å²) in [5, 5.41) is 5.69. The Morgan fingerprint density at radius 3 is 2.52 bits per heavy atom. The summed E-state index contributed by atoms with van der Waals surface area (Å²) in [4.78, 5) is 22.7. The number of rotatable bonds is 9. The van der Waals surface area contributed by atoms with Gasteiger partial charge in [0, 0.05) is 6.54 Å². The summed E-state index contributed by atoms with van der Waals surface area (Å²) in [6.45, 7) is 2.42. The molecule has 0 fully saturated rings. The Kier molecular flexibility index (Phi) is 8.12. The van der Waals surface area contributed by atoms with E-state index in [0.29, 0.717) is 6.54 Å². The van der Waals surface area contributed by atoms with Crippen LogP contribution in [0, 0.1) is 0 Å². The van der Waals surface area contributed by atoms with Crippen LogP contribution in [0.25, 0.3) is 0 Å². The predicted molar refractivity (Wildman–Crippen MR) is 82.0 cm³/mol. The molecule has 1 aromatic carbocycles. The second kappa shape index (κ2) is 9.94. The molecule has 21 heavy (non-hydrogen) atoms. The number of carbonyl (C=O) groups excluding carboxylic acids is 2. The molecule has 0 spiro atoms. The Hall–Kier alpha value is -1.88. The molecule has 0 saturated heterocycles. The predicted octanol–water partition coefficient (Wildman–Crippen LogP) is 2.26. The molecule has 0 saturated carbocycles. The summed E-state index contributed by atoms with van der Waals surface area (Å²) >= 11 is 0. The molecule has 5 nitrogen and oxygen atoms in total. The van der Waals surface area contributed by atoms with E-state index in [1.54, 1.807) is 14.0 Å². The number of likely N-dealkylation sites (N-methyl/N-ethyl adjacent to an activating group) is 1. The first-order valence-electron chi connectivity index (χ1n) is 7.25. The summed E-state index contributed by atoms with van der Waals surface area (Å²) in [5.74, 6) is 0.146. The maximum absolute atomic E-state index is 11.5. The summed E-state index contributed by atoms with van der Waals surface area (Å²) < 4.78 is 5.10. The second-order valence-corrected chi connectivity index (χ2v) is 4.94. The molecule has 2 N–H and O–H groups in total. The van der Waals surface area contributed by atoms with Crippen molar-refractivity contribution in [1.29, 1.82) is 0 Å². The van der Waals surface area contributed by atoms with Crippen molar-refractivity contribution in [2.45, 2.75) is 38.8 Å². The van der Waals surface area contributed by atoms with Crippen LogP contribution in [0.1, 0.15) is 31.7 Å². The third-order valence-electron chi connectivity index (χ3n) is 3.24. The van der Waals surface area contributed by atoms with Crippen LogP contribution in [-0.4, -0.2) is 31.5 Å². The van der Waals surface area contributed by atoms with E-state index < -0.39 is 6.09 Å². The van der Waals surface area contributed by atoms with Crippen molar-refractivity contribution in [2.24, 2.45) is 0 Å². The summed E-state index contributed by atoms with van der Waals surface area (Å²) in [5.41, 5.74) is 0.964. The van der Waals surface area contributed by atoms with E-state index in [2.05, 4.69) is 10.6 Å². The Balaban J connectivity index is 2.07. The molecule has 1 amide bonds. The topological polar surface area (TPSA) is 67.4 Å². The van der Waals surface area contributed by atoms with Crippen molar-refractivity contribution < 1.29 is 14.3 Å². The lowest BCUT2D eigenvalue weighted by molar-refractivity contribution is -0.119. The van der Waals surface area contributed by atoms with Gasteiger partial charge in [-0.05, 0) is 38.8 Å². The molecule has 0 aliphatic carbocycles. The van der Waals surface area contributed by atoms with Crippen LogP contribution >= 0.6 is 0 Å². The highest BCUT2D eigenvalue weighted by molar-refractivity contribution is 5.81. The molecular formula is C16H24N2O3. The van der Waals surface area contributed by atoms with Crippen LogP contribution in [0.3, 0.4) is 0 Å². The molecule has 1 rings (SSSR count). The van der Waals surface area contributed by atoms with Gasteiger partial charge >= 0.3 is 6.09 Å². The number of ether oxygens (including phenoxy) is 1. The van der Waals surface area contributed by atoms with Gasteiger partial charge in [-0.2, -0.15) is 0 Å². The highest BCUT2D eigenvalue weighted by Gasteiger charge is 2.10. The average molecular weight is 292 g/mol. The van der Waals surface area contributed by atoms with Crippen molar-refractivity contribution in [1.82, 2.24) is 10.6 Å². The van der Waals surface area contributed by atoms with Gasteiger partial charge in [-0.3, -0.25) is 4.79 Å². The van der Waals surface area contributed by atoms with E-state index in [1.165, 1.54) is 0 Å². The van der Waals surface area contributed by atoms with Gasteiger partial charge in [0.25, 0.3) is 0 Å². The van der Waals surface area contributed by atoms with Gasteiger partial charge in [-0.1, -0.05) is 30.3 Å². The van der Waals surface area contributed by atoms with Gasteiger partial charge < -0.3 is 15.4 Å². The number of hydrogen-bond acceptors (Lipinski definition) is 4. The lowest BCUT2D eigenvalue weighted by Gasteiger charge is -2.12. The zero-order valence-electron chi connectivity index (χ0n) is 12.7. The highest BCUT2D eigenvalue weighted by Crippen LogP contribution is 2.02. The minimum absolute atomic E-state index is 0.0879. The molecule has 1 aromatic rings. The van der Waals surface area contributed by atoms with Gasteiger partial charge in [0.2, 0.25) is 0 Å². The number of unbranched alkanes of at least 4 members (excludes halogenated alkanes) is 1. The van der Waals surface area contributed by atoms with Gasteiger partial charge in [0.1, 0.15) is 12.4 Å². The van der Waals surface area contributed by atoms with Crippen molar-refractivity contribution in [3.63, 3.8) is 0 Å². The molecule has 0 heterocycles. The van der Waals surface area contributed by atoms with Crippen LogP contribution in [-0.2, 0) is 16.1 Å². The Morgan fingerprint density at radius 2 is 1.90 bits per heavy atom. The maximum atomic E-state index is 11.5. The number of amides is 1. The Bertz CT molecular complexity index is 434. The molecule has 1 unspecified atom stereocenters. The van der Waals surface area contributed by atoms with Crippen molar-refractivity contribution >= 4 is 11.9 Å². The largest absolute Gasteiger partial charge is 0.445 e. The van der Waals surface area contributed by atoms with E-state index >= 15 is 0 Å². The second-order valence-electron chi connectivity index (χ2n) is 4.94. The third-order valence-corrected chi connectivity index (χ3v) is 3.24. The van der Waals surface area contributed by atoms with Crippen LogP contribution in [0.15, 0.2) is 30.3 Å². The number of ketones is 1. The first kappa shape index (κ1) is 17.2. The van der Waals surface area contributed by atoms with E-state index in [1.807, 2.05) is 30.3 Å². The molecule has 0 bridgehead atoms. The van der Waals surface area contributed by atoms with E-state index in [-0.39, 0.29) is 18.4 Å². The molecule has 0 aromatic heterocycles. The molecule has 5 heteroatoms. The van der Waals surface area contributed by atoms with Crippen molar-refractivity contribution in [3.8, 4) is 0 Å². The zero-order valence-corrected chi connectivity index (χ0v) is 12.7. The van der Waals surface area contributed by atoms with E-state index in [9.17, 15) is 9.59 Å². The highest BCUT2D eigenvalue weighted by atomic mass is 16.5. The van der Waals surface area contributed by atoms with E-state index in [4.69, 9.17) is 4.74 Å². The molecule has 1 atom stereocenters. The maximum Gasteiger partial charge on any atom is 0.407 e. The molecule has 0 radical (unpaired) electrons. The van der Waals surface area contributed by atoms with Gasteiger partial charge in [0.05, 0.1) is 6.04 Å². The van der Waals surface area contributed by atoms with Crippen LogP contribution < -0.4 is 10.6 Å². The van der Waals surface area contributed by atoms with Crippen molar-refractivity contribution in [2.75, 3.05) is 13.6 Å². The fourth-order valence-electron chi connectivity index (χ4n) is 1.99.